The van der Waals surface area contributed by atoms with Crippen LogP contribution >= 0.6 is 0 Å². The standard InChI is InChI=1S/C14H26N2/c1-3-4-5-12(2)15-13-8-10-16(11-9-13)14-6-7-14/h3,12-15H,1,4-11H2,2H3/t12-/m0/s1. The monoisotopic (exact) mass is 222 g/mol. The quantitative estimate of drug-likeness (QED) is 0.695. The number of nitrogens with one attached hydrogen (secondary N) is 1. The lowest BCUT2D eigenvalue weighted by Gasteiger charge is -2.34. The summed E-state index contributed by atoms with van der Waals surface area (Å²) in [7, 11) is 0. The average Bonchev–Trinajstić information content (AvgIpc) is 3.11. The third kappa shape index (κ3) is 3.60. The first-order chi connectivity index (χ1) is 7.79. The van der Waals surface area contributed by atoms with E-state index in [1.807, 2.05) is 6.08 Å². The van der Waals surface area contributed by atoms with Crippen molar-refractivity contribution in [3.63, 3.8) is 0 Å². The van der Waals surface area contributed by atoms with Gasteiger partial charge in [-0.25, -0.2) is 0 Å². The predicted octanol–water partition coefficient (Wildman–Crippen LogP) is 2.56. The number of rotatable bonds is 6. The van der Waals surface area contributed by atoms with Crippen LogP contribution in [0.25, 0.3) is 0 Å². The van der Waals surface area contributed by atoms with E-state index >= 15 is 0 Å². The van der Waals surface area contributed by atoms with Crippen molar-refractivity contribution in [1.82, 2.24) is 10.2 Å². The van der Waals surface area contributed by atoms with Gasteiger partial charge in [0.25, 0.3) is 0 Å². The number of hydrogen-bond donors (Lipinski definition) is 1. The van der Waals surface area contributed by atoms with Gasteiger partial charge in [-0.2, -0.15) is 0 Å². The van der Waals surface area contributed by atoms with Crippen molar-refractivity contribution in [3.8, 4) is 0 Å². The largest absolute Gasteiger partial charge is 0.311 e. The Balaban J connectivity index is 1.62. The first kappa shape index (κ1) is 12.1. The number of hydrogen-bond acceptors (Lipinski definition) is 2. The van der Waals surface area contributed by atoms with E-state index in [1.165, 1.54) is 45.2 Å². The van der Waals surface area contributed by atoms with Crippen molar-refractivity contribution in [2.24, 2.45) is 0 Å². The molecule has 2 aliphatic rings. The van der Waals surface area contributed by atoms with E-state index in [0.29, 0.717) is 6.04 Å². The van der Waals surface area contributed by atoms with Crippen LogP contribution in [-0.4, -0.2) is 36.1 Å². The van der Waals surface area contributed by atoms with Crippen LogP contribution in [0.1, 0.15) is 45.4 Å². The van der Waals surface area contributed by atoms with Gasteiger partial charge in [-0.15, -0.1) is 6.58 Å². The van der Waals surface area contributed by atoms with Crippen LogP contribution in [-0.2, 0) is 0 Å². The molecule has 2 fully saturated rings. The zero-order valence-corrected chi connectivity index (χ0v) is 10.6. The summed E-state index contributed by atoms with van der Waals surface area (Å²) in [6.45, 7) is 8.72. The molecule has 0 aromatic heterocycles. The fourth-order valence-electron chi connectivity index (χ4n) is 2.72. The second-order valence-corrected chi connectivity index (χ2v) is 5.48. The number of likely N-dealkylation sites (tertiary alicyclic amines) is 1. The highest BCUT2D eigenvalue weighted by atomic mass is 15.2. The molecular weight excluding hydrogens is 196 g/mol. The molecule has 1 N–H and O–H groups in total. The molecule has 0 spiro atoms. The van der Waals surface area contributed by atoms with E-state index in [4.69, 9.17) is 0 Å². The average molecular weight is 222 g/mol. The maximum absolute atomic E-state index is 3.78. The summed E-state index contributed by atoms with van der Waals surface area (Å²) < 4.78 is 0. The second-order valence-electron chi connectivity index (χ2n) is 5.48. The third-order valence-electron chi connectivity index (χ3n) is 3.92. The van der Waals surface area contributed by atoms with E-state index in [9.17, 15) is 0 Å². The van der Waals surface area contributed by atoms with E-state index in [2.05, 4.69) is 23.7 Å². The zero-order valence-electron chi connectivity index (χ0n) is 10.6. The molecular formula is C14H26N2. The lowest BCUT2D eigenvalue weighted by Crippen LogP contribution is -2.46. The minimum Gasteiger partial charge on any atom is -0.311 e. The molecule has 0 amide bonds. The Morgan fingerprint density at radius 3 is 2.56 bits per heavy atom. The topological polar surface area (TPSA) is 15.3 Å². The van der Waals surface area contributed by atoms with Gasteiger partial charge in [-0.05, 0) is 58.5 Å². The van der Waals surface area contributed by atoms with Gasteiger partial charge in [0.05, 0.1) is 0 Å². The summed E-state index contributed by atoms with van der Waals surface area (Å²) in [4.78, 5) is 2.69. The molecule has 2 rings (SSSR count). The highest BCUT2D eigenvalue weighted by Gasteiger charge is 2.31. The highest BCUT2D eigenvalue weighted by molar-refractivity contribution is 4.89. The van der Waals surface area contributed by atoms with Gasteiger partial charge in [0.2, 0.25) is 0 Å². The van der Waals surface area contributed by atoms with Crippen molar-refractivity contribution in [2.75, 3.05) is 13.1 Å². The van der Waals surface area contributed by atoms with Gasteiger partial charge in [0.1, 0.15) is 0 Å². The Kier molecular flexibility index (Phi) is 4.42. The SMILES string of the molecule is C=CCC[C@H](C)NC1CCN(C2CC2)CC1. The molecule has 1 aliphatic carbocycles. The summed E-state index contributed by atoms with van der Waals surface area (Å²) in [6.07, 6.45) is 9.97. The number of piperidine rings is 1. The molecule has 92 valence electrons. The maximum Gasteiger partial charge on any atom is 0.00964 e. The van der Waals surface area contributed by atoms with Crippen LogP contribution in [0.5, 0.6) is 0 Å². The Morgan fingerprint density at radius 1 is 1.31 bits per heavy atom. The molecule has 1 heterocycles. The van der Waals surface area contributed by atoms with E-state index in [1.54, 1.807) is 0 Å². The normalized spacial score (nSPS) is 25.6. The molecule has 1 saturated heterocycles. The van der Waals surface area contributed by atoms with Crippen LogP contribution < -0.4 is 5.32 Å². The smallest absolute Gasteiger partial charge is 0.00964 e. The van der Waals surface area contributed by atoms with Crippen molar-refractivity contribution < 1.29 is 0 Å². The number of allylic oxidation sites excluding steroid dienone is 1. The van der Waals surface area contributed by atoms with Crippen LogP contribution in [0.4, 0.5) is 0 Å². The fourth-order valence-corrected chi connectivity index (χ4v) is 2.72. The van der Waals surface area contributed by atoms with Gasteiger partial charge >= 0.3 is 0 Å². The summed E-state index contributed by atoms with van der Waals surface area (Å²) in [5.74, 6) is 0. The van der Waals surface area contributed by atoms with Gasteiger partial charge in [-0.3, -0.25) is 0 Å². The van der Waals surface area contributed by atoms with E-state index < -0.39 is 0 Å². The van der Waals surface area contributed by atoms with Crippen LogP contribution in [0, 0.1) is 0 Å². The van der Waals surface area contributed by atoms with Gasteiger partial charge < -0.3 is 10.2 Å². The summed E-state index contributed by atoms with van der Waals surface area (Å²) in [6, 6.07) is 2.37. The van der Waals surface area contributed by atoms with Crippen LogP contribution in [0.2, 0.25) is 0 Å². The van der Waals surface area contributed by atoms with Gasteiger partial charge in [0, 0.05) is 18.1 Å². The second kappa shape index (κ2) is 5.83. The Morgan fingerprint density at radius 2 is 2.00 bits per heavy atom. The molecule has 0 unspecified atom stereocenters. The Labute approximate surface area is 100 Å². The van der Waals surface area contributed by atoms with Crippen LogP contribution in [0.15, 0.2) is 12.7 Å². The minimum atomic E-state index is 0.649. The van der Waals surface area contributed by atoms with Crippen LogP contribution in [0.3, 0.4) is 0 Å². The Hall–Kier alpha value is -0.340. The Bertz CT molecular complexity index is 215. The maximum atomic E-state index is 3.78. The van der Waals surface area contributed by atoms with Crippen molar-refractivity contribution in [2.45, 2.75) is 63.6 Å². The number of nitrogens with zero attached hydrogens (tertiary/aromatic N) is 1. The molecule has 0 aromatic rings. The fraction of sp³-hybridized carbons (Fsp3) is 0.857. The van der Waals surface area contributed by atoms with Gasteiger partial charge in [-0.1, -0.05) is 6.08 Å². The lowest BCUT2D eigenvalue weighted by molar-refractivity contribution is 0.183. The molecule has 1 aliphatic heterocycles. The van der Waals surface area contributed by atoms with Crippen molar-refractivity contribution in [1.29, 1.82) is 0 Å². The molecule has 16 heavy (non-hydrogen) atoms. The summed E-state index contributed by atoms with van der Waals surface area (Å²) in [5.41, 5.74) is 0. The van der Waals surface area contributed by atoms with Crippen molar-refractivity contribution in [3.05, 3.63) is 12.7 Å². The molecule has 2 heteroatoms. The lowest BCUT2D eigenvalue weighted by atomic mass is 10.0. The van der Waals surface area contributed by atoms with Gasteiger partial charge in [0.15, 0.2) is 0 Å². The minimum absolute atomic E-state index is 0.649. The van der Waals surface area contributed by atoms with E-state index in [-0.39, 0.29) is 0 Å². The van der Waals surface area contributed by atoms with E-state index in [0.717, 1.165) is 18.5 Å². The first-order valence-electron chi connectivity index (χ1n) is 6.90. The highest BCUT2D eigenvalue weighted by Crippen LogP contribution is 2.29. The molecule has 0 radical (unpaired) electrons. The first-order valence-corrected chi connectivity index (χ1v) is 6.90. The predicted molar refractivity (Wildman–Crippen MR) is 69.6 cm³/mol. The molecule has 2 nitrogen and oxygen atoms in total. The zero-order chi connectivity index (χ0) is 11.4. The molecule has 1 atom stereocenters. The summed E-state index contributed by atoms with van der Waals surface area (Å²) >= 11 is 0. The molecule has 0 aromatic carbocycles. The third-order valence-corrected chi connectivity index (χ3v) is 3.92. The molecule has 1 saturated carbocycles. The van der Waals surface area contributed by atoms with Crippen molar-refractivity contribution >= 4 is 0 Å². The summed E-state index contributed by atoms with van der Waals surface area (Å²) in [5, 5.41) is 3.76. The molecule has 0 bridgehead atoms.